The molecule has 0 amide bonds. The zero-order chi connectivity index (χ0) is 8.97. The molecule has 0 spiro atoms. The molecule has 1 aromatic rings. The van der Waals surface area contributed by atoms with Gasteiger partial charge in [-0.15, -0.1) is 0 Å². The summed E-state index contributed by atoms with van der Waals surface area (Å²) in [6, 6.07) is 0. The van der Waals surface area contributed by atoms with Crippen molar-refractivity contribution in [3.63, 3.8) is 0 Å². The van der Waals surface area contributed by atoms with Crippen LogP contribution >= 0.6 is 0 Å². The monoisotopic (exact) mass is 223 g/mol. The van der Waals surface area contributed by atoms with E-state index in [1.54, 1.807) is 0 Å². The van der Waals surface area contributed by atoms with Gasteiger partial charge in [0.2, 0.25) is 0 Å². The fraction of sp³-hybridized carbons (Fsp3) is 0. The van der Waals surface area contributed by atoms with Gasteiger partial charge in [0.25, 0.3) is 0 Å². The van der Waals surface area contributed by atoms with E-state index in [4.69, 9.17) is 0 Å². The van der Waals surface area contributed by atoms with Crippen molar-refractivity contribution in [1.82, 2.24) is 15.0 Å². The van der Waals surface area contributed by atoms with Crippen LogP contribution in [0, 0.1) is 0 Å². The molecule has 0 aliphatic rings. The van der Waals surface area contributed by atoms with Crippen LogP contribution in [0.5, 0.6) is 0 Å². The van der Waals surface area contributed by atoms with Crippen LogP contribution in [0.2, 0.25) is 0 Å². The Morgan fingerprint density at radius 2 is 0.929 bits per heavy atom. The first-order valence-electron chi connectivity index (χ1n) is 2.91. The summed E-state index contributed by atoms with van der Waals surface area (Å²) in [7, 11) is 0. The van der Waals surface area contributed by atoms with Crippen molar-refractivity contribution in [2.24, 2.45) is 0 Å². The third-order valence-corrected chi connectivity index (χ3v) is 1.00. The van der Waals surface area contributed by atoms with E-state index in [-0.39, 0.29) is 59.4 Å². The van der Waals surface area contributed by atoms with Gasteiger partial charge in [-0.05, 0) is 0 Å². The first kappa shape index (κ1) is 15.8. The van der Waals surface area contributed by atoms with Crippen molar-refractivity contribution < 1.29 is 56.3 Å². The molecule has 0 saturated carbocycles. The van der Waals surface area contributed by atoms with Gasteiger partial charge >= 0.3 is 29.6 Å². The van der Waals surface area contributed by atoms with Gasteiger partial charge in [-0.3, -0.25) is 14.4 Å². The topological polar surface area (TPSA) is 89.9 Å². The molecule has 0 aromatic carbocycles. The molecule has 0 bridgehead atoms. The second-order valence-corrected chi connectivity index (χ2v) is 1.76. The molecule has 0 N–H and O–H groups in total. The summed E-state index contributed by atoms with van der Waals surface area (Å²) < 4.78 is 0. The summed E-state index contributed by atoms with van der Waals surface area (Å²) in [5, 5.41) is 0. The average molecular weight is 224 g/mol. The largest absolute Gasteiger partial charge is 1.00 e. The Labute approximate surface area is 107 Å². The minimum absolute atomic E-state index is 0. The smallest absolute Gasteiger partial charge is 1.00 e. The van der Waals surface area contributed by atoms with Crippen molar-refractivity contribution >= 4 is 18.9 Å². The minimum Gasteiger partial charge on any atom is -1.00 e. The Morgan fingerprint density at radius 1 is 0.714 bits per heavy atom. The fourth-order valence-electron chi connectivity index (χ4n) is 0.585. The number of halogens is 1. The standard InChI is InChI=1S/C6H3N3O3.ClH.Na/c10-1-4-7-5(2-11)9-6(3-12)8-4;;/h1-3H;1H;/q;;+1/p-1. The van der Waals surface area contributed by atoms with Crippen LogP contribution < -0.4 is 42.0 Å². The SMILES string of the molecule is O=Cc1nc(C=O)nc(C=O)n1.[Cl-].[Na+]. The number of carbonyl (C=O) groups excluding carboxylic acids is 3. The van der Waals surface area contributed by atoms with Gasteiger partial charge in [0.05, 0.1) is 0 Å². The second kappa shape index (κ2) is 7.69. The number of hydrogen-bond acceptors (Lipinski definition) is 6. The van der Waals surface area contributed by atoms with Crippen molar-refractivity contribution in [1.29, 1.82) is 0 Å². The second-order valence-electron chi connectivity index (χ2n) is 1.76. The number of carbonyl (C=O) groups is 3. The van der Waals surface area contributed by atoms with E-state index in [9.17, 15) is 14.4 Å². The molecule has 0 atom stereocenters. The van der Waals surface area contributed by atoms with E-state index in [1.807, 2.05) is 0 Å². The Hall–Kier alpha value is -0.690. The average Bonchev–Trinajstić information content (AvgIpc) is 2.16. The van der Waals surface area contributed by atoms with Crippen LogP contribution in [0.15, 0.2) is 0 Å². The fourth-order valence-corrected chi connectivity index (χ4v) is 0.585. The molecule has 0 aliphatic heterocycles. The molecule has 0 radical (unpaired) electrons. The Balaban J connectivity index is 0. The van der Waals surface area contributed by atoms with Crippen LogP contribution in [0.4, 0.5) is 0 Å². The van der Waals surface area contributed by atoms with Gasteiger partial charge in [-0.2, -0.15) is 0 Å². The molecule has 0 aliphatic carbocycles. The molecule has 0 saturated heterocycles. The molecule has 8 heteroatoms. The number of rotatable bonds is 3. The van der Waals surface area contributed by atoms with E-state index in [0.717, 1.165) is 0 Å². The summed E-state index contributed by atoms with van der Waals surface area (Å²) in [4.78, 5) is 40.7. The van der Waals surface area contributed by atoms with Gasteiger partial charge in [-0.25, -0.2) is 15.0 Å². The normalized spacial score (nSPS) is 7.71. The molecule has 1 heterocycles. The zero-order valence-electron chi connectivity index (χ0n) is 7.18. The Kier molecular flexibility index (Phi) is 8.66. The summed E-state index contributed by atoms with van der Waals surface area (Å²) >= 11 is 0. The van der Waals surface area contributed by atoms with Crippen molar-refractivity contribution in [2.75, 3.05) is 0 Å². The molecule has 0 unspecified atom stereocenters. The van der Waals surface area contributed by atoms with E-state index >= 15 is 0 Å². The van der Waals surface area contributed by atoms with Gasteiger partial charge < -0.3 is 12.4 Å². The molecule has 0 fully saturated rings. The van der Waals surface area contributed by atoms with E-state index in [1.165, 1.54) is 0 Å². The zero-order valence-corrected chi connectivity index (χ0v) is 9.93. The van der Waals surface area contributed by atoms with Crippen LogP contribution in [-0.4, -0.2) is 33.8 Å². The summed E-state index contributed by atoms with van der Waals surface area (Å²) in [6.07, 6.45) is 1.00. The van der Waals surface area contributed by atoms with E-state index in [2.05, 4.69) is 15.0 Å². The Morgan fingerprint density at radius 3 is 1.07 bits per heavy atom. The molecule has 1 aromatic heterocycles. The van der Waals surface area contributed by atoms with Gasteiger partial charge in [0.15, 0.2) is 36.3 Å². The molecular weight excluding hydrogens is 221 g/mol. The maximum atomic E-state index is 10.2. The van der Waals surface area contributed by atoms with E-state index in [0.29, 0.717) is 18.9 Å². The predicted molar refractivity (Wildman–Crippen MR) is 36.0 cm³/mol. The van der Waals surface area contributed by atoms with Gasteiger partial charge in [0, 0.05) is 0 Å². The summed E-state index contributed by atoms with van der Waals surface area (Å²) in [5.74, 6) is -0.683. The Bertz CT molecular complexity index is 282. The summed E-state index contributed by atoms with van der Waals surface area (Å²) in [5.41, 5.74) is 0. The number of hydrogen-bond donors (Lipinski definition) is 0. The van der Waals surface area contributed by atoms with Crippen LogP contribution in [-0.2, 0) is 0 Å². The van der Waals surface area contributed by atoms with Crippen LogP contribution in [0.1, 0.15) is 31.9 Å². The minimum atomic E-state index is -0.228. The first-order valence-corrected chi connectivity index (χ1v) is 2.91. The van der Waals surface area contributed by atoms with E-state index < -0.39 is 0 Å². The third-order valence-electron chi connectivity index (χ3n) is 1.00. The van der Waals surface area contributed by atoms with Crippen LogP contribution in [0.25, 0.3) is 0 Å². The predicted octanol–water partition coefficient (Wildman–Crippen LogP) is -6.68. The maximum Gasteiger partial charge on any atom is 1.00 e. The van der Waals surface area contributed by atoms with Gasteiger partial charge in [-0.1, -0.05) is 0 Å². The summed E-state index contributed by atoms with van der Waals surface area (Å²) in [6.45, 7) is 0. The van der Waals surface area contributed by atoms with Crippen LogP contribution in [0.3, 0.4) is 0 Å². The number of aldehydes is 3. The molecule has 1 rings (SSSR count). The van der Waals surface area contributed by atoms with Gasteiger partial charge in [0.1, 0.15) is 0 Å². The molecule has 14 heavy (non-hydrogen) atoms. The van der Waals surface area contributed by atoms with Crippen molar-refractivity contribution in [3.8, 4) is 0 Å². The molecular formula is C6H3ClN3NaO3. The quantitative estimate of drug-likeness (QED) is 0.374. The third kappa shape index (κ3) is 4.01. The first-order chi connectivity index (χ1) is 5.80. The van der Waals surface area contributed by atoms with Crippen molar-refractivity contribution in [2.45, 2.75) is 0 Å². The number of aromatic nitrogens is 3. The molecule has 68 valence electrons. The maximum absolute atomic E-state index is 10.2. The molecule has 6 nitrogen and oxygen atoms in total. The van der Waals surface area contributed by atoms with Crippen molar-refractivity contribution in [3.05, 3.63) is 17.5 Å². The number of nitrogens with zero attached hydrogens (tertiary/aromatic N) is 3.